The quantitative estimate of drug-likeness (QED) is 0.565. The summed E-state index contributed by atoms with van der Waals surface area (Å²) in [6.07, 6.45) is 1.87. The van der Waals surface area contributed by atoms with Crippen molar-refractivity contribution in [1.29, 1.82) is 0 Å². The summed E-state index contributed by atoms with van der Waals surface area (Å²) in [7, 11) is 0. The highest BCUT2D eigenvalue weighted by Crippen LogP contribution is 2.26. The SMILES string of the molecule is CC1(CNc2nc(NN)c(F)cc2F)CCCO1. The molecule has 0 radical (unpaired) electrons. The fourth-order valence-electron chi connectivity index (χ4n) is 1.94. The molecule has 0 saturated carbocycles. The van der Waals surface area contributed by atoms with E-state index in [1.54, 1.807) is 0 Å². The molecular weight excluding hydrogens is 242 g/mol. The van der Waals surface area contributed by atoms with Crippen LogP contribution in [0.5, 0.6) is 0 Å². The van der Waals surface area contributed by atoms with Gasteiger partial charge >= 0.3 is 0 Å². The molecule has 2 rings (SSSR count). The highest BCUT2D eigenvalue weighted by atomic mass is 19.1. The van der Waals surface area contributed by atoms with Crippen molar-refractivity contribution in [3.8, 4) is 0 Å². The van der Waals surface area contributed by atoms with E-state index >= 15 is 0 Å². The second-order valence-corrected chi connectivity index (χ2v) is 4.55. The normalized spacial score (nSPS) is 23.1. The van der Waals surface area contributed by atoms with Gasteiger partial charge in [0.1, 0.15) is 0 Å². The molecule has 1 aromatic rings. The van der Waals surface area contributed by atoms with Gasteiger partial charge < -0.3 is 15.5 Å². The molecule has 0 aliphatic carbocycles. The molecule has 1 aliphatic heterocycles. The van der Waals surface area contributed by atoms with E-state index in [0.717, 1.165) is 18.9 Å². The summed E-state index contributed by atoms with van der Waals surface area (Å²) < 4.78 is 32.2. The molecular formula is C11H16F2N4O. The number of rotatable bonds is 4. The van der Waals surface area contributed by atoms with Gasteiger partial charge in [-0.2, -0.15) is 0 Å². The highest BCUT2D eigenvalue weighted by molar-refractivity contribution is 5.47. The number of nitrogens with one attached hydrogen (secondary N) is 2. The number of hydrogen-bond donors (Lipinski definition) is 3. The number of ether oxygens (including phenoxy) is 1. The predicted molar refractivity (Wildman–Crippen MR) is 64.0 cm³/mol. The average molecular weight is 258 g/mol. The fraction of sp³-hybridized carbons (Fsp3) is 0.545. The van der Waals surface area contributed by atoms with Crippen LogP contribution in [0.15, 0.2) is 6.07 Å². The van der Waals surface area contributed by atoms with E-state index in [2.05, 4.69) is 15.7 Å². The van der Waals surface area contributed by atoms with Gasteiger partial charge in [0, 0.05) is 19.2 Å². The van der Waals surface area contributed by atoms with Crippen LogP contribution in [0.2, 0.25) is 0 Å². The Morgan fingerprint density at radius 2 is 2.17 bits per heavy atom. The van der Waals surface area contributed by atoms with Crippen molar-refractivity contribution < 1.29 is 13.5 Å². The van der Waals surface area contributed by atoms with Crippen molar-refractivity contribution in [1.82, 2.24) is 4.98 Å². The highest BCUT2D eigenvalue weighted by Gasteiger charge is 2.29. The number of hydrazine groups is 1. The Hall–Kier alpha value is -1.47. The van der Waals surface area contributed by atoms with E-state index in [1.807, 2.05) is 6.92 Å². The molecule has 0 spiro atoms. The molecule has 0 bridgehead atoms. The molecule has 2 heterocycles. The van der Waals surface area contributed by atoms with Gasteiger partial charge in [-0.25, -0.2) is 19.6 Å². The van der Waals surface area contributed by atoms with E-state index in [0.29, 0.717) is 13.2 Å². The molecule has 18 heavy (non-hydrogen) atoms. The monoisotopic (exact) mass is 258 g/mol. The molecule has 1 atom stereocenters. The van der Waals surface area contributed by atoms with Crippen molar-refractivity contribution in [2.24, 2.45) is 5.84 Å². The lowest BCUT2D eigenvalue weighted by molar-refractivity contribution is 0.0314. The van der Waals surface area contributed by atoms with Crippen LogP contribution in [0.1, 0.15) is 19.8 Å². The van der Waals surface area contributed by atoms with E-state index in [-0.39, 0.29) is 17.2 Å². The van der Waals surface area contributed by atoms with Gasteiger partial charge in [-0.15, -0.1) is 0 Å². The summed E-state index contributed by atoms with van der Waals surface area (Å²) in [6, 6.07) is 0.738. The number of pyridine rings is 1. The fourth-order valence-corrected chi connectivity index (χ4v) is 1.94. The third-order valence-corrected chi connectivity index (χ3v) is 3.00. The summed E-state index contributed by atoms with van der Waals surface area (Å²) in [5.41, 5.74) is 1.74. The van der Waals surface area contributed by atoms with Gasteiger partial charge in [-0.1, -0.05) is 0 Å². The summed E-state index contributed by atoms with van der Waals surface area (Å²) in [5, 5.41) is 2.82. The zero-order valence-corrected chi connectivity index (χ0v) is 10.1. The van der Waals surface area contributed by atoms with E-state index in [4.69, 9.17) is 10.6 Å². The topological polar surface area (TPSA) is 72.2 Å². The number of hydrogen-bond acceptors (Lipinski definition) is 5. The Morgan fingerprint density at radius 3 is 2.78 bits per heavy atom. The molecule has 1 fully saturated rings. The number of halogens is 2. The van der Waals surface area contributed by atoms with Crippen LogP contribution in [-0.2, 0) is 4.74 Å². The van der Waals surface area contributed by atoms with Crippen molar-refractivity contribution in [3.63, 3.8) is 0 Å². The van der Waals surface area contributed by atoms with Crippen LogP contribution in [0.25, 0.3) is 0 Å². The van der Waals surface area contributed by atoms with Gasteiger partial charge in [0.2, 0.25) is 0 Å². The zero-order chi connectivity index (χ0) is 13.2. The average Bonchev–Trinajstić information content (AvgIpc) is 2.76. The van der Waals surface area contributed by atoms with Gasteiger partial charge in [0.15, 0.2) is 23.3 Å². The van der Waals surface area contributed by atoms with Crippen LogP contribution in [0.3, 0.4) is 0 Å². The second kappa shape index (κ2) is 5.03. The zero-order valence-electron chi connectivity index (χ0n) is 10.1. The van der Waals surface area contributed by atoms with Crippen molar-refractivity contribution in [2.45, 2.75) is 25.4 Å². The molecule has 5 nitrogen and oxygen atoms in total. The van der Waals surface area contributed by atoms with Gasteiger partial charge in [0.25, 0.3) is 0 Å². The van der Waals surface area contributed by atoms with Gasteiger partial charge in [-0.3, -0.25) is 0 Å². The van der Waals surface area contributed by atoms with Crippen molar-refractivity contribution in [3.05, 3.63) is 17.7 Å². The predicted octanol–water partition coefficient (Wildman–Crippen LogP) is 1.63. The molecule has 0 amide bonds. The Balaban J connectivity index is 2.09. The molecule has 1 aromatic heterocycles. The molecule has 7 heteroatoms. The molecule has 1 saturated heterocycles. The summed E-state index contributed by atoms with van der Waals surface area (Å²) in [4.78, 5) is 3.73. The summed E-state index contributed by atoms with van der Waals surface area (Å²) >= 11 is 0. The first kappa shape index (κ1) is 13.0. The number of nitrogens with two attached hydrogens (primary N) is 1. The molecule has 1 unspecified atom stereocenters. The Bertz CT molecular complexity index is 435. The third-order valence-electron chi connectivity index (χ3n) is 3.00. The first-order valence-electron chi connectivity index (χ1n) is 5.74. The number of nitrogens with zero attached hydrogens (tertiary/aromatic N) is 1. The summed E-state index contributed by atoms with van der Waals surface area (Å²) in [6.45, 7) is 3.05. The van der Waals surface area contributed by atoms with E-state index in [9.17, 15) is 8.78 Å². The van der Waals surface area contributed by atoms with Crippen LogP contribution in [0, 0.1) is 11.6 Å². The maximum Gasteiger partial charge on any atom is 0.178 e. The van der Waals surface area contributed by atoms with E-state index in [1.165, 1.54) is 0 Å². The third kappa shape index (κ3) is 2.68. The number of anilines is 2. The lowest BCUT2D eigenvalue weighted by Crippen LogP contribution is -2.33. The minimum atomic E-state index is -0.830. The summed E-state index contributed by atoms with van der Waals surface area (Å²) in [5.74, 6) is 3.26. The lowest BCUT2D eigenvalue weighted by atomic mass is 10.0. The molecule has 1 aliphatic rings. The van der Waals surface area contributed by atoms with E-state index < -0.39 is 11.6 Å². The van der Waals surface area contributed by atoms with Crippen molar-refractivity contribution >= 4 is 11.6 Å². The first-order chi connectivity index (χ1) is 8.54. The minimum Gasteiger partial charge on any atom is -0.373 e. The minimum absolute atomic E-state index is 0.0407. The maximum absolute atomic E-state index is 13.5. The van der Waals surface area contributed by atoms with Crippen LogP contribution >= 0.6 is 0 Å². The largest absolute Gasteiger partial charge is 0.373 e. The van der Waals surface area contributed by atoms with Crippen molar-refractivity contribution in [2.75, 3.05) is 23.9 Å². The lowest BCUT2D eigenvalue weighted by Gasteiger charge is -2.23. The molecule has 100 valence electrons. The van der Waals surface area contributed by atoms with Gasteiger partial charge in [0.05, 0.1) is 5.60 Å². The number of nitrogen functional groups attached to an aromatic ring is 1. The number of aromatic nitrogens is 1. The van der Waals surface area contributed by atoms with Gasteiger partial charge in [-0.05, 0) is 19.8 Å². The molecule has 4 N–H and O–H groups in total. The maximum atomic E-state index is 13.5. The second-order valence-electron chi connectivity index (χ2n) is 4.55. The van der Waals surface area contributed by atoms with Crippen LogP contribution < -0.4 is 16.6 Å². The smallest absolute Gasteiger partial charge is 0.178 e. The van der Waals surface area contributed by atoms with Crippen LogP contribution in [-0.4, -0.2) is 23.7 Å². The Kier molecular flexibility index (Phi) is 3.63. The Morgan fingerprint density at radius 1 is 1.44 bits per heavy atom. The standard InChI is InChI=1S/C11H16F2N4O/c1-11(3-2-4-18-11)6-15-9-7(12)5-8(13)10(16-9)17-14/h5H,2-4,6,14H2,1H3,(H2,15,16,17). The molecule has 0 aromatic carbocycles. The Labute approximate surface area is 104 Å². The van der Waals surface area contributed by atoms with Crippen LogP contribution in [0.4, 0.5) is 20.4 Å². The first-order valence-corrected chi connectivity index (χ1v) is 5.74.